The van der Waals surface area contributed by atoms with Crippen LogP contribution in [0.4, 0.5) is 0 Å². The van der Waals surface area contributed by atoms with Crippen LogP contribution in [0.3, 0.4) is 0 Å². The molecule has 2 rings (SSSR count). The van der Waals surface area contributed by atoms with Crippen LogP contribution in [-0.2, 0) is 7.05 Å². The molecular weight excluding hydrogens is 275 g/mol. The third-order valence-electron chi connectivity index (χ3n) is 2.63. The second-order valence-corrected chi connectivity index (χ2v) is 4.68. The van der Waals surface area contributed by atoms with Gasteiger partial charge in [0.2, 0.25) is 0 Å². The second-order valence-electron chi connectivity index (χ2n) is 3.87. The summed E-state index contributed by atoms with van der Waals surface area (Å²) in [5.41, 5.74) is 1.82. The topological polar surface area (TPSA) is 55.1 Å². The second kappa shape index (κ2) is 4.63. The highest BCUT2D eigenvalue weighted by Crippen LogP contribution is 2.31. The molecule has 0 aliphatic carbocycles. The molecule has 2 aromatic rings. The van der Waals surface area contributed by atoms with Crippen LogP contribution in [0.2, 0.25) is 10.0 Å². The monoisotopic (exact) mass is 284 g/mol. The standard InChI is InChI=1S/C12H10Cl2N2O2/c1-6-10(12(17)18)11(16(2)15-6)7-3-4-8(13)9(14)5-7/h3-5H,1-2H3,(H,17,18). The van der Waals surface area contributed by atoms with E-state index in [9.17, 15) is 9.90 Å². The lowest BCUT2D eigenvalue weighted by molar-refractivity contribution is 0.0697. The lowest BCUT2D eigenvalue weighted by Gasteiger charge is -2.05. The van der Waals surface area contributed by atoms with Gasteiger partial charge in [0.05, 0.1) is 21.4 Å². The van der Waals surface area contributed by atoms with Gasteiger partial charge >= 0.3 is 5.97 Å². The average Bonchev–Trinajstić information content (AvgIpc) is 2.57. The molecule has 4 nitrogen and oxygen atoms in total. The molecule has 0 saturated heterocycles. The molecule has 0 aliphatic rings. The largest absolute Gasteiger partial charge is 0.478 e. The number of aromatic nitrogens is 2. The van der Waals surface area contributed by atoms with Crippen LogP contribution >= 0.6 is 23.2 Å². The molecule has 0 atom stereocenters. The Labute approximate surface area is 114 Å². The van der Waals surface area contributed by atoms with Gasteiger partial charge < -0.3 is 5.11 Å². The lowest BCUT2D eigenvalue weighted by atomic mass is 10.1. The Kier molecular flexibility index (Phi) is 3.32. The van der Waals surface area contributed by atoms with Crippen molar-refractivity contribution in [2.75, 3.05) is 0 Å². The number of carboxylic acids is 1. The van der Waals surface area contributed by atoms with Gasteiger partial charge in [0.15, 0.2) is 0 Å². The Morgan fingerprint density at radius 3 is 2.56 bits per heavy atom. The molecule has 94 valence electrons. The fourth-order valence-electron chi connectivity index (χ4n) is 1.89. The molecule has 0 amide bonds. The van der Waals surface area contributed by atoms with Crippen LogP contribution in [0.5, 0.6) is 0 Å². The molecule has 1 N–H and O–H groups in total. The van der Waals surface area contributed by atoms with E-state index >= 15 is 0 Å². The third kappa shape index (κ3) is 2.09. The minimum absolute atomic E-state index is 0.177. The summed E-state index contributed by atoms with van der Waals surface area (Å²) in [6.45, 7) is 1.66. The summed E-state index contributed by atoms with van der Waals surface area (Å²) < 4.78 is 1.53. The van der Waals surface area contributed by atoms with E-state index in [0.29, 0.717) is 27.0 Å². The van der Waals surface area contributed by atoms with E-state index in [1.165, 1.54) is 4.68 Å². The lowest BCUT2D eigenvalue weighted by Crippen LogP contribution is -2.01. The molecule has 0 spiro atoms. The van der Waals surface area contributed by atoms with E-state index < -0.39 is 5.97 Å². The zero-order chi connectivity index (χ0) is 13.4. The minimum Gasteiger partial charge on any atom is -0.478 e. The highest BCUT2D eigenvalue weighted by atomic mass is 35.5. The zero-order valence-corrected chi connectivity index (χ0v) is 11.2. The third-order valence-corrected chi connectivity index (χ3v) is 3.37. The van der Waals surface area contributed by atoms with Crippen molar-refractivity contribution in [3.8, 4) is 11.3 Å². The average molecular weight is 285 g/mol. The molecular formula is C12H10Cl2N2O2. The van der Waals surface area contributed by atoms with Gasteiger partial charge in [-0.05, 0) is 19.1 Å². The molecule has 1 aromatic heterocycles. The summed E-state index contributed by atoms with van der Waals surface area (Å²) in [5.74, 6) is -1.01. The summed E-state index contributed by atoms with van der Waals surface area (Å²) in [7, 11) is 1.69. The maximum Gasteiger partial charge on any atom is 0.339 e. The van der Waals surface area contributed by atoms with E-state index in [1.54, 1.807) is 32.2 Å². The van der Waals surface area contributed by atoms with Gasteiger partial charge in [-0.1, -0.05) is 29.3 Å². The minimum atomic E-state index is -1.01. The summed E-state index contributed by atoms with van der Waals surface area (Å²) in [4.78, 5) is 11.3. The van der Waals surface area contributed by atoms with Crippen molar-refractivity contribution in [1.29, 1.82) is 0 Å². The van der Waals surface area contributed by atoms with Crippen LogP contribution in [0.15, 0.2) is 18.2 Å². The van der Waals surface area contributed by atoms with Gasteiger partial charge in [-0.3, -0.25) is 4.68 Å². The molecule has 0 fully saturated rings. The summed E-state index contributed by atoms with van der Waals surface area (Å²) >= 11 is 11.8. The number of aryl methyl sites for hydroxylation is 2. The first-order valence-corrected chi connectivity index (χ1v) is 5.89. The van der Waals surface area contributed by atoms with Crippen molar-refractivity contribution in [3.63, 3.8) is 0 Å². The quantitative estimate of drug-likeness (QED) is 0.920. The highest BCUT2D eigenvalue weighted by Gasteiger charge is 2.21. The van der Waals surface area contributed by atoms with Gasteiger partial charge in [-0.25, -0.2) is 4.79 Å². The zero-order valence-electron chi connectivity index (χ0n) is 9.74. The molecule has 0 bridgehead atoms. The molecule has 18 heavy (non-hydrogen) atoms. The first kappa shape index (κ1) is 12.9. The van der Waals surface area contributed by atoms with Gasteiger partial charge in [0, 0.05) is 12.6 Å². The smallest absolute Gasteiger partial charge is 0.339 e. The number of hydrogen-bond acceptors (Lipinski definition) is 2. The Morgan fingerprint density at radius 1 is 1.33 bits per heavy atom. The fourth-order valence-corrected chi connectivity index (χ4v) is 2.19. The van der Waals surface area contributed by atoms with Crippen LogP contribution in [0, 0.1) is 6.92 Å². The van der Waals surface area contributed by atoms with Crippen molar-refractivity contribution in [2.24, 2.45) is 7.05 Å². The normalized spacial score (nSPS) is 10.7. The molecule has 1 heterocycles. The first-order chi connectivity index (χ1) is 8.41. The predicted octanol–water partition coefficient (Wildman–Crippen LogP) is 3.40. The highest BCUT2D eigenvalue weighted by molar-refractivity contribution is 6.42. The van der Waals surface area contributed by atoms with Crippen molar-refractivity contribution < 1.29 is 9.90 Å². The van der Waals surface area contributed by atoms with Gasteiger partial charge in [-0.2, -0.15) is 5.10 Å². The number of rotatable bonds is 2. The maximum atomic E-state index is 11.3. The van der Waals surface area contributed by atoms with E-state index in [1.807, 2.05) is 0 Å². The molecule has 0 aliphatic heterocycles. The van der Waals surface area contributed by atoms with Crippen molar-refractivity contribution in [2.45, 2.75) is 6.92 Å². The summed E-state index contributed by atoms with van der Waals surface area (Å²) in [5, 5.41) is 14.2. The SMILES string of the molecule is Cc1nn(C)c(-c2ccc(Cl)c(Cl)c2)c1C(=O)O. The Balaban J connectivity index is 2.70. The van der Waals surface area contributed by atoms with Gasteiger partial charge in [-0.15, -0.1) is 0 Å². The number of aromatic carboxylic acids is 1. The molecule has 0 saturated carbocycles. The molecule has 0 radical (unpaired) electrons. The van der Waals surface area contributed by atoms with E-state index in [2.05, 4.69) is 5.10 Å². The summed E-state index contributed by atoms with van der Waals surface area (Å²) in [6.07, 6.45) is 0. The van der Waals surface area contributed by atoms with Crippen molar-refractivity contribution >= 4 is 29.2 Å². The van der Waals surface area contributed by atoms with E-state index in [0.717, 1.165) is 0 Å². The predicted molar refractivity (Wildman–Crippen MR) is 70.4 cm³/mol. The Morgan fingerprint density at radius 2 is 2.00 bits per heavy atom. The fraction of sp³-hybridized carbons (Fsp3) is 0.167. The van der Waals surface area contributed by atoms with Crippen LogP contribution in [0.1, 0.15) is 16.1 Å². The van der Waals surface area contributed by atoms with Crippen LogP contribution in [0.25, 0.3) is 11.3 Å². The Bertz CT molecular complexity index is 635. The van der Waals surface area contributed by atoms with Crippen molar-refractivity contribution in [3.05, 3.63) is 39.5 Å². The van der Waals surface area contributed by atoms with Crippen molar-refractivity contribution in [1.82, 2.24) is 9.78 Å². The van der Waals surface area contributed by atoms with E-state index in [-0.39, 0.29) is 5.56 Å². The van der Waals surface area contributed by atoms with Gasteiger partial charge in [0.25, 0.3) is 0 Å². The maximum absolute atomic E-state index is 11.3. The molecule has 1 aromatic carbocycles. The van der Waals surface area contributed by atoms with Crippen LogP contribution in [-0.4, -0.2) is 20.9 Å². The van der Waals surface area contributed by atoms with E-state index in [4.69, 9.17) is 23.2 Å². The number of nitrogens with zero attached hydrogens (tertiary/aromatic N) is 2. The van der Waals surface area contributed by atoms with Gasteiger partial charge in [0.1, 0.15) is 5.56 Å². The number of hydrogen-bond donors (Lipinski definition) is 1. The Hall–Kier alpha value is -1.52. The number of carboxylic acid groups (broad SMARTS) is 1. The number of benzene rings is 1. The number of halogens is 2. The van der Waals surface area contributed by atoms with Crippen LogP contribution < -0.4 is 0 Å². The summed E-state index contributed by atoms with van der Waals surface area (Å²) in [6, 6.07) is 4.98. The molecule has 0 unspecified atom stereocenters. The first-order valence-electron chi connectivity index (χ1n) is 5.14. The molecule has 6 heteroatoms. The number of carbonyl (C=O) groups is 1.